The van der Waals surface area contributed by atoms with Gasteiger partial charge in [0.25, 0.3) is 0 Å². The fourth-order valence-corrected chi connectivity index (χ4v) is 8.86. The molecule has 342 valence electrons. The topological polar surface area (TPSA) is 95.1 Å². The van der Waals surface area contributed by atoms with Gasteiger partial charge in [-0.2, -0.15) is 0 Å². The van der Waals surface area contributed by atoms with Gasteiger partial charge in [-0.3, -0.25) is 9.59 Å². The molecule has 2 N–H and O–H groups in total. The lowest BCUT2D eigenvalue weighted by atomic mass is 10.0. The Balaban J connectivity index is 0.984. The van der Waals surface area contributed by atoms with Crippen molar-refractivity contribution < 1.29 is 28.5 Å². The van der Waals surface area contributed by atoms with Crippen molar-refractivity contribution in [3.05, 3.63) is 24.3 Å². The maximum Gasteiger partial charge on any atom is 0.243 e. The Labute approximate surface area is 362 Å². The normalized spacial score (nSPS) is 21.2. The molecule has 0 aromatic rings. The van der Waals surface area contributed by atoms with Crippen LogP contribution in [0.4, 0.5) is 0 Å². The molecule has 3 aliphatic rings. The molecule has 59 heavy (non-hydrogen) atoms. The Morgan fingerprint density at radius 1 is 0.424 bits per heavy atom. The maximum absolute atomic E-state index is 12.4. The monoisotopic (exact) mass is 829 g/mol. The van der Waals surface area contributed by atoms with Gasteiger partial charge < -0.3 is 29.6 Å². The van der Waals surface area contributed by atoms with Crippen LogP contribution >= 0.6 is 0 Å². The highest BCUT2D eigenvalue weighted by molar-refractivity contribution is 5.88. The van der Waals surface area contributed by atoms with Crippen LogP contribution in [0.5, 0.6) is 0 Å². The first-order chi connectivity index (χ1) is 29.2. The highest BCUT2D eigenvalue weighted by Crippen LogP contribution is 2.20. The van der Waals surface area contributed by atoms with Gasteiger partial charge in [-0.05, 0) is 108 Å². The van der Waals surface area contributed by atoms with Crippen molar-refractivity contribution in [2.75, 3.05) is 26.4 Å². The molecule has 2 saturated heterocycles. The predicted molar refractivity (Wildman–Crippen MR) is 244 cm³/mol. The van der Waals surface area contributed by atoms with Crippen molar-refractivity contribution in [1.82, 2.24) is 10.6 Å². The lowest BCUT2D eigenvalue weighted by Gasteiger charge is -2.22. The summed E-state index contributed by atoms with van der Waals surface area (Å²) >= 11 is 0. The lowest BCUT2D eigenvalue weighted by molar-refractivity contribution is -0.163. The van der Waals surface area contributed by atoms with E-state index in [-0.39, 0.29) is 36.5 Å². The van der Waals surface area contributed by atoms with E-state index >= 15 is 0 Å². The summed E-state index contributed by atoms with van der Waals surface area (Å²) in [4.78, 5) is 24.9. The van der Waals surface area contributed by atoms with E-state index in [2.05, 4.69) is 10.6 Å². The Morgan fingerprint density at radius 2 is 0.746 bits per heavy atom. The van der Waals surface area contributed by atoms with Crippen molar-refractivity contribution in [2.45, 2.75) is 262 Å². The van der Waals surface area contributed by atoms with Gasteiger partial charge in [-0.15, -0.1) is 0 Å². The van der Waals surface area contributed by atoms with Gasteiger partial charge in [-0.1, -0.05) is 153 Å². The fourth-order valence-electron chi connectivity index (χ4n) is 8.86. The van der Waals surface area contributed by atoms with E-state index in [1.165, 1.54) is 180 Å². The van der Waals surface area contributed by atoms with Gasteiger partial charge in [0.1, 0.15) is 0 Å². The maximum atomic E-state index is 12.4. The highest BCUT2D eigenvalue weighted by atomic mass is 16.7. The molecule has 2 amide bonds. The van der Waals surface area contributed by atoms with Gasteiger partial charge >= 0.3 is 0 Å². The van der Waals surface area contributed by atoms with Crippen molar-refractivity contribution in [3.63, 3.8) is 0 Å². The number of carbonyl (C=O) groups excluding carboxylic acids is 2. The zero-order valence-electron chi connectivity index (χ0n) is 38.1. The number of hydrogen-bond donors (Lipinski definition) is 2. The summed E-state index contributed by atoms with van der Waals surface area (Å²) in [6.07, 6.45) is 53.3. The van der Waals surface area contributed by atoms with Crippen LogP contribution in [0, 0.1) is 0 Å². The molecular formula is C51H92N2O6. The van der Waals surface area contributed by atoms with Crippen molar-refractivity contribution in [1.29, 1.82) is 0 Å². The molecule has 8 heteroatoms. The number of nitrogens with one attached hydrogen (secondary N) is 2. The van der Waals surface area contributed by atoms with Gasteiger partial charge in [0.15, 0.2) is 12.6 Å². The zero-order valence-corrected chi connectivity index (χ0v) is 38.1. The summed E-state index contributed by atoms with van der Waals surface area (Å²) < 4.78 is 22.9. The van der Waals surface area contributed by atoms with Crippen LogP contribution in [0.2, 0.25) is 0 Å². The molecule has 0 aromatic carbocycles. The van der Waals surface area contributed by atoms with E-state index in [4.69, 9.17) is 18.9 Å². The summed E-state index contributed by atoms with van der Waals surface area (Å²) in [5.41, 5.74) is 0. The van der Waals surface area contributed by atoms with E-state index in [9.17, 15) is 9.59 Å². The molecule has 2 unspecified atom stereocenters. The molecule has 8 nitrogen and oxygen atoms in total. The summed E-state index contributed by atoms with van der Waals surface area (Å²) in [6, 6.07) is 0.298. The standard InChI is InChI=1S/C51H92N2O6/c54-48(35-27-23-19-15-11-7-3-1-5-9-13-17-21-25-31-41-56-50-37-29-33-43-58-50)52-46-39-40-47(45-46)53-49(55)36-28-24-20-16-12-8-4-2-6-10-14-18-22-26-32-42-57-51-38-30-34-44-59-51/h27-28,35-36,46-47,50-51H,1-26,29-34,37-45H2,(H,52,54)(H,53,55)/b35-27+,36-28+/t46-,47+,50?,51?. The highest BCUT2D eigenvalue weighted by Gasteiger charge is 2.26. The zero-order chi connectivity index (χ0) is 41.5. The van der Waals surface area contributed by atoms with Gasteiger partial charge in [0.2, 0.25) is 11.8 Å². The first-order valence-electron chi connectivity index (χ1n) is 25.6. The Bertz CT molecular complexity index is 959. The van der Waals surface area contributed by atoms with Gasteiger partial charge in [0.05, 0.1) is 0 Å². The molecular weight excluding hydrogens is 737 g/mol. The molecule has 0 bridgehead atoms. The Morgan fingerprint density at radius 3 is 1.07 bits per heavy atom. The minimum absolute atomic E-state index is 0.00459. The van der Waals surface area contributed by atoms with Crippen LogP contribution in [0.15, 0.2) is 24.3 Å². The van der Waals surface area contributed by atoms with Crippen molar-refractivity contribution >= 4 is 11.8 Å². The second-order valence-electron chi connectivity index (χ2n) is 18.1. The van der Waals surface area contributed by atoms with E-state index in [0.29, 0.717) is 0 Å². The number of carbonyl (C=O) groups is 2. The number of allylic oxidation sites excluding steroid dienone is 2. The van der Waals surface area contributed by atoms with Crippen LogP contribution in [-0.2, 0) is 28.5 Å². The quantitative estimate of drug-likeness (QED) is 0.0475. The van der Waals surface area contributed by atoms with E-state index in [0.717, 1.165) is 84.2 Å². The molecule has 0 aromatic heterocycles. The van der Waals surface area contributed by atoms with E-state index in [1.54, 1.807) is 12.2 Å². The fraction of sp³-hybridized carbons (Fsp3) is 0.882. The molecule has 2 aliphatic heterocycles. The average molecular weight is 829 g/mol. The third-order valence-electron chi connectivity index (χ3n) is 12.6. The third-order valence-corrected chi connectivity index (χ3v) is 12.6. The van der Waals surface area contributed by atoms with Crippen LogP contribution in [0.1, 0.15) is 238 Å². The molecule has 1 saturated carbocycles. The van der Waals surface area contributed by atoms with Crippen LogP contribution in [0.25, 0.3) is 0 Å². The summed E-state index contributed by atoms with van der Waals surface area (Å²) in [7, 11) is 0. The average Bonchev–Trinajstić information content (AvgIpc) is 3.69. The summed E-state index contributed by atoms with van der Waals surface area (Å²) in [5, 5.41) is 6.30. The lowest BCUT2D eigenvalue weighted by Crippen LogP contribution is -2.36. The smallest absolute Gasteiger partial charge is 0.243 e. The molecule has 3 rings (SSSR count). The van der Waals surface area contributed by atoms with E-state index < -0.39 is 0 Å². The van der Waals surface area contributed by atoms with Crippen molar-refractivity contribution in [2.24, 2.45) is 0 Å². The minimum Gasteiger partial charge on any atom is -0.353 e. The number of hydrogen-bond acceptors (Lipinski definition) is 6. The number of unbranched alkanes of at least 4 members (excludes halogenated alkanes) is 26. The number of amides is 2. The second-order valence-corrected chi connectivity index (χ2v) is 18.1. The van der Waals surface area contributed by atoms with E-state index in [1.807, 2.05) is 12.2 Å². The van der Waals surface area contributed by atoms with Crippen molar-refractivity contribution in [3.8, 4) is 0 Å². The van der Waals surface area contributed by atoms with Crippen LogP contribution < -0.4 is 10.6 Å². The molecule has 3 fully saturated rings. The Hall–Kier alpha value is -1.74. The van der Waals surface area contributed by atoms with Gasteiger partial charge in [-0.25, -0.2) is 0 Å². The SMILES string of the molecule is O=C(/C=C/CCCCCCCCCCCCCCCOC1CCCCO1)N[C@@H]1CC[C@H](NC(=O)/C=C/CCCCCCCCCCCCCCCOC2CCCCO2)C1. The Kier molecular flexibility index (Phi) is 33.2. The minimum atomic E-state index is 0.00459. The summed E-state index contributed by atoms with van der Waals surface area (Å²) in [5.74, 6) is 0.00919. The van der Waals surface area contributed by atoms with Crippen LogP contribution in [-0.4, -0.2) is 62.9 Å². The largest absolute Gasteiger partial charge is 0.353 e. The molecule has 0 spiro atoms. The second kappa shape index (κ2) is 38.0. The van der Waals surface area contributed by atoms with Crippen LogP contribution in [0.3, 0.4) is 0 Å². The molecule has 1 aliphatic carbocycles. The van der Waals surface area contributed by atoms with Gasteiger partial charge in [0, 0.05) is 38.5 Å². The third kappa shape index (κ3) is 30.9. The number of rotatable bonds is 38. The first-order valence-corrected chi connectivity index (χ1v) is 25.6. The summed E-state index contributed by atoms with van der Waals surface area (Å²) in [6.45, 7) is 3.45. The molecule has 4 atom stereocenters. The molecule has 0 radical (unpaired) electrons. The first kappa shape index (κ1) is 51.6. The molecule has 2 heterocycles. The number of ether oxygens (including phenoxy) is 4. The predicted octanol–water partition coefficient (Wildman–Crippen LogP) is 13.3.